The molecule has 0 aliphatic heterocycles. The molecule has 28 heavy (non-hydrogen) atoms. The third-order valence-corrected chi connectivity index (χ3v) is 6.98. The van der Waals surface area contributed by atoms with Gasteiger partial charge < -0.3 is 5.32 Å². The molecule has 0 aliphatic carbocycles. The molecule has 6 nitrogen and oxygen atoms in total. The average molecular weight is 432 g/mol. The van der Waals surface area contributed by atoms with E-state index in [9.17, 15) is 4.79 Å². The SMILES string of the molecule is CCc1c(-c2nnc(SCC(=O)Nc3sccc3C#N)n2C(C)C)csc1C. The molecular weight excluding hydrogens is 410 g/mol. The van der Waals surface area contributed by atoms with E-state index in [0.29, 0.717) is 10.6 Å². The lowest BCUT2D eigenvalue weighted by Crippen LogP contribution is -2.15. The lowest BCUT2D eigenvalue weighted by molar-refractivity contribution is -0.113. The van der Waals surface area contributed by atoms with Gasteiger partial charge in [-0.2, -0.15) is 5.26 Å². The molecule has 3 aromatic rings. The van der Waals surface area contributed by atoms with Gasteiger partial charge in [0.2, 0.25) is 5.91 Å². The van der Waals surface area contributed by atoms with Gasteiger partial charge in [-0.25, -0.2) is 0 Å². The summed E-state index contributed by atoms with van der Waals surface area (Å²) < 4.78 is 2.09. The van der Waals surface area contributed by atoms with Crippen LogP contribution < -0.4 is 5.32 Å². The van der Waals surface area contributed by atoms with Gasteiger partial charge in [0.1, 0.15) is 11.1 Å². The highest BCUT2D eigenvalue weighted by Gasteiger charge is 2.21. The Labute approximate surface area is 176 Å². The Morgan fingerprint density at radius 1 is 1.39 bits per heavy atom. The van der Waals surface area contributed by atoms with Gasteiger partial charge in [-0.05, 0) is 44.2 Å². The Morgan fingerprint density at radius 3 is 2.86 bits per heavy atom. The number of nitriles is 1. The number of nitrogens with zero attached hydrogens (tertiary/aromatic N) is 4. The second-order valence-electron chi connectivity index (χ2n) is 6.42. The number of hydrogen-bond donors (Lipinski definition) is 1. The second kappa shape index (κ2) is 8.90. The van der Waals surface area contributed by atoms with E-state index in [4.69, 9.17) is 5.26 Å². The van der Waals surface area contributed by atoms with Crippen LogP contribution in [0.15, 0.2) is 22.0 Å². The molecule has 9 heteroatoms. The first kappa shape index (κ1) is 20.6. The van der Waals surface area contributed by atoms with Crippen molar-refractivity contribution < 1.29 is 4.79 Å². The molecule has 3 heterocycles. The summed E-state index contributed by atoms with van der Waals surface area (Å²) in [6.45, 7) is 8.46. The van der Waals surface area contributed by atoms with Crippen molar-refractivity contribution in [3.63, 3.8) is 0 Å². The van der Waals surface area contributed by atoms with Gasteiger partial charge in [-0.15, -0.1) is 32.9 Å². The summed E-state index contributed by atoms with van der Waals surface area (Å²) in [5, 5.41) is 25.9. The van der Waals surface area contributed by atoms with E-state index < -0.39 is 0 Å². The molecule has 0 radical (unpaired) electrons. The smallest absolute Gasteiger partial charge is 0.235 e. The molecule has 0 unspecified atom stereocenters. The van der Waals surface area contributed by atoms with Gasteiger partial charge in [-0.3, -0.25) is 9.36 Å². The van der Waals surface area contributed by atoms with Crippen molar-refractivity contribution in [1.29, 1.82) is 5.26 Å². The minimum Gasteiger partial charge on any atom is -0.316 e. The average Bonchev–Trinajstić information content (AvgIpc) is 3.37. The first-order valence-corrected chi connectivity index (χ1v) is 11.6. The van der Waals surface area contributed by atoms with Crippen molar-refractivity contribution in [3.8, 4) is 17.5 Å². The van der Waals surface area contributed by atoms with Crippen LogP contribution in [-0.4, -0.2) is 26.4 Å². The monoisotopic (exact) mass is 431 g/mol. The first-order chi connectivity index (χ1) is 13.5. The molecular formula is C19H21N5OS3. The maximum atomic E-state index is 12.3. The summed E-state index contributed by atoms with van der Waals surface area (Å²) in [6.07, 6.45) is 0.947. The predicted octanol–water partition coefficient (Wildman–Crippen LogP) is 5.12. The molecule has 0 bridgehead atoms. The topological polar surface area (TPSA) is 83.6 Å². The molecule has 0 saturated carbocycles. The van der Waals surface area contributed by atoms with E-state index in [-0.39, 0.29) is 17.7 Å². The number of nitrogens with one attached hydrogen (secondary N) is 1. The fourth-order valence-corrected chi connectivity index (χ4v) is 5.48. The molecule has 3 aromatic heterocycles. The second-order valence-corrected chi connectivity index (χ2v) is 9.36. The summed E-state index contributed by atoms with van der Waals surface area (Å²) in [5.74, 6) is 0.894. The maximum Gasteiger partial charge on any atom is 0.235 e. The number of carbonyl (C=O) groups excluding carboxylic acids is 1. The number of carbonyl (C=O) groups is 1. The number of hydrogen-bond acceptors (Lipinski definition) is 7. The Morgan fingerprint density at radius 2 is 2.18 bits per heavy atom. The third-order valence-electron chi connectivity index (χ3n) is 4.25. The van der Waals surface area contributed by atoms with Gasteiger partial charge in [-0.1, -0.05) is 18.7 Å². The Kier molecular flexibility index (Phi) is 6.54. The van der Waals surface area contributed by atoms with Crippen LogP contribution in [0.1, 0.15) is 42.8 Å². The van der Waals surface area contributed by atoms with Crippen LogP contribution in [0.4, 0.5) is 5.00 Å². The lowest BCUT2D eigenvalue weighted by atomic mass is 10.1. The molecule has 146 valence electrons. The summed E-state index contributed by atoms with van der Waals surface area (Å²) in [5.41, 5.74) is 2.91. The van der Waals surface area contributed by atoms with Crippen molar-refractivity contribution in [1.82, 2.24) is 14.8 Å². The number of thiophene rings is 2. The number of amides is 1. The van der Waals surface area contributed by atoms with E-state index in [2.05, 4.69) is 59.2 Å². The van der Waals surface area contributed by atoms with Crippen molar-refractivity contribution in [3.05, 3.63) is 32.8 Å². The molecule has 0 saturated heterocycles. The maximum absolute atomic E-state index is 12.3. The van der Waals surface area contributed by atoms with Gasteiger partial charge in [0.25, 0.3) is 0 Å². The van der Waals surface area contributed by atoms with Crippen molar-refractivity contribution in [2.75, 3.05) is 11.1 Å². The summed E-state index contributed by atoms with van der Waals surface area (Å²) in [7, 11) is 0. The van der Waals surface area contributed by atoms with Gasteiger partial charge in [0, 0.05) is 21.9 Å². The summed E-state index contributed by atoms with van der Waals surface area (Å²) in [6, 6.07) is 3.94. The minimum absolute atomic E-state index is 0.163. The molecule has 0 fully saturated rings. The van der Waals surface area contributed by atoms with Crippen LogP contribution in [-0.2, 0) is 11.2 Å². The number of anilines is 1. The van der Waals surface area contributed by atoms with Crippen molar-refractivity contribution in [2.24, 2.45) is 0 Å². The largest absolute Gasteiger partial charge is 0.316 e. The molecule has 0 atom stereocenters. The zero-order valence-corrected chi connectivity index (χ0v) is 18.6. The van der Waals surface area contributed by atoms with Crippen molar-refractivity contribution in [2.45, 2.75) is 45.3 Å². The van der Waals surface area contributed by atoms with Crippen LogP contribution >= 0.6 is 34.4 Å². The molecule has 0 spiro atoms. The van der Waals surface area contributed by atoms with E-state index in [1.54, 1.807) is 22.8 Å². The van der Waals surface area contributed by atoms with Crippen LogP contribution in [0.3, 0.4) is 0 Å². The molecule has 1 N–H and O–H groups in total. The zero-order chi connectivity index (χ0) is 20.3. The van der Waals surface area contributed by atoms with Crippen LogP contribution in [0, 0.1) is 18.3 Å². The van der Waals surface area contributed by atoms with Crippen LogP contribution in [0.2, 0.25) is 0 Å². The molecule has 3 rings (SSSR count). The zero-order valence-electron chi connectivity index (χ0n) is 16.1. The Balaban J connectivity index is 1.79. The number of rotatable bonds is 7. The fourth-order valence-electron chi connectivity index (χ4n) is 2.92. The summed E-state index contributed by atoms with van der Waals surface area (Å²) >= 11 is 4.43. The lowest BCUT2D eigenvalue weighted by Gasteiger charge is -2.14. The number of thioether (sulfide) groups is 1. The first-order valence-electron chi connectivity index (χ1n) is 8.88. The minimum atomic E-state index is -0.163. The Hall–Kier alpha value is -2.15. The van der Waals surface area contributed by atoms with Gasteiger partial charge >= 0.3 is 0 Å². The standard InChI is InChI=1S/C19H21N5OS3/c1-5-14-12(4)27-9-15(14)17-22-23-19(24(17)11(2)3)28-10-16(25)21-18-13(8-20)6-7-26-18/h6-7,9,11H,5,10H2,1-4H3,(H,21,25). The number of aryl methyl sites for hydroxylation is 1. The highest BCUT2D eigenvalue weighted by molar-refractivity contribution is 7.99. The van der Waals surface area contributed by atoms with Crippen LogP contribution in [0.5, 0.6) is 0 Å². The van der Waals surface area contributed by atoms with E-state index in [0.717, 1.165) is 23.0 Å². The van der Waals surface area contributed by atoms with E-state index in [1.807, 2.05) is 0 Å². The van der Waals surface area contributed by atoms with Crippen molar-refractivity contribution >= 4 is 45.3 Å². The van der Waals surface area contributed by atoms with E-state index in [1.165, 1.54) is 33.5 Å². The third kappa shape index (κ3) is 4.14. The normalized spacial score (nSPS) is 11.0. The molecule has 1 amide bonds. The van der Waals surface area contributed by atoms with Gasteiger partial charge in [0.15, 0.2) is 11.0 Å². The van der Waals surface area contributed by atoms with E-state index >= 15 is 0 Å². The predicted molar refractivity (Wildman–Crippen MR) is 116 cm³/mol. The fraction of sp³-hybridized carbons (Fsp3) is 0.368. The summed E-state index contributed by atoms with van der Waals surface area (Å²) in [4.78, 5) is 13.6. The van der Waals surface area contributed by atoms with Crippen LogP contribution in [0.25, 0.3) is 11.4 Å². The highest BCUT2D eigenvalue weighted by atomic mass is 32.2. The number of aromatic nitrogens is 3. The van der Waals surface area contributed by atoms with Gasteiger partial charge in [0.05, 0.1) is 11.3 Å². The Bertz CT molecular complexity index is 1020. The highest BCUT2D eigenvalue weighted by Crippen LogP contribution is 2.34. The molecule has 0 aromatic carbocycles. The quantitative estimate of drug-likeness (QED) is 0.525. The molecule has 0 aliphatic rings.